The van der Waals surface area contributed by atoms with Gasteiger partial charge in [-0.2, -0.15) is 0 Å². The first-order valence-electron chi connectivity index (χ1n) is 5.97. The largest absolute Gasteiger partial charge is 0.490 e. The molecule has 1 aromatic rings. The van der Waals surface area contributed by atoms with Gasteiger partial charge in [0.05, 0.1) is 19.3 Å². The molecule has 0 aliphatic carbocycles. The first-order chi connectivity index (χ1) is 8.22. The van der Waals surface area contributed by atoms with E-state index in [-0.39, 0.29) is 6.04 Å². The summed E-state index contributed by atoms with van der Waals surface area (Å²) < 4.78 is 11.1. The molecular weight excluding hydrogens is 218 g/mol. The second kappa shape index (κ2) is 5.38. The maximum absolute atomic E-state index is 10.1. The lowest BCUT2D eigenvalue weighted by molar-refractivity contribution is 0.139. The van der Waals surface area contributed by atoms with Crippen LogP contribution in [-0.4, -0.2) is 31.4 Å². The van der Waals surface area contributed by atoms with Crippen molar-refractivity contribution in [3.63, 3.8) is 0 Å². The summed E-state index contributed by atoms with van der Waals surface area (Å²) in [5, 5.41) is 13.1. The molecule has 0 aromatic heterocycles. The number of ether oxygens (including phenoxy) is 2. The standard InChI is InChI=1S/C13H19NO3/c1-9(14-2)13(15)10-4-5-11-12(8-10)17-7-3-6-16-11/h4-5,8-9,13-15H,3,6-7H2,1-2H3. The summed E-state index contributed by atoms with van der Waals surface area (Å²) in [5.74, 6) is 1.48. The minimum absolute atomic E-state index is 0.000235. The average molecular weight is 237 g/mol. The van der Waals surface area contributed by atoms with E-state index in [4.69, 9.17) is 9.47 Å². The first-order valence-corrected chi connectivity index (χ1v) is 5.97. The Bertz CT molecular complexity index is 381. The number of fused-ring (bicyclic) bond motifs is 1. The molecule has 0 fully saturated rings. The summed E-state index contributed by atoms with van der Waals surface area (Å²) in [6.45, 7) is 3.28. The molecule has 2 atom stereocenters. The average Bonchev–Trinajstić information content (AvgIpc) is 2.61. The molecule has 2 rings (SSSR count). The molecule has 1 heterocycles. The van der Waals surface area contributed by atoms with Gasteiger partial charge in [-0.1, -0.05) is 6.07 Å². The molecule has 0 saturated carbocycles. The molecule has 1 aliphatic heterocycles. The Kier molecular flexibility index (Phi) is 3.86. The first kappa shape index (κ1) is 12.2. The number of aliphatic hydroxyl groups is 1. The lowest BCUT2D eigenvalue weighted by Gasteiger charge is -2.19. The number of rotatable bonds is 3. The highest BCUT2D eigenvalue weighted by Gasteiger charge is 2.18. The fraction of sp³-hybridized carbons (Fsp3) is 0.538. The van der Waals surface area contributed by atoms with E-state index in [2.05, 4.69) is 5.32 Å². The summed E-state index contributed by atoms with van der Waals surface area (Å²) >= 11 is 0. The molecule has 4 heteroatoms. The number of hydrogen-bond donors (Lipinski definition) is 2. The topological polar surface area (TPSA) is 50.7 Å². The van der Waals surface area contributed by atoms with E-state index in [0.29, 0.717) is 13.2 Å². The van der Waals surface area contributed by atoms with Crippen LogP contribution in [0.25, 0.3) is 0 Å². The molecule has 0 amide bonds. The smallest absolute Gasteiger partial charge is 0.161 e. The van der Waals surface area contributed by atoms with Crippen LogP contribution in [0, 0.1) is 0 Å². The van der Waals surface area contributed by atoms with Gasteiger partial charge in [0.1, 0.15) is 0 Å². The van der Waals surface area contributed by atoms with E-state index in [1.54, 1.807) is 0 Å². The van der Waals surface area contributed by atoms with Gasteiger partial charge in [0.15, 0.2) is 11.5 Å². The van der Waals surface area contributed by atoms with Gasteiger partial charge in [-0.3, -0.25) is 0 Å². The third-order valence-electron chi connectivity index (χ3n) is 3.04. The minimum atomic E-state index is -0.544. The maximum Gasteiger partial charge on any atom is 0.161 e. The third-order valence-corrected chi connectivity index (χ3v) is 3.04. The van der Waals surface area contributed by atoms with Crippen molar-refractivity contribution in [2.75, 3.05) is 20.3 Å². The Balaban J connectivity index is 2.23. The number of hydrogen-bond acceptors (Lipinski definition) is 4. The van der Waals surface area contributed by atoms with Gasteiger partial charge >= 0.3 is 0 Å². The zero-order valence-corrected chi connectivity index (χ0v) is 10.3. The molecule has 0 saturated heterocycles. The summed E-state index contributed by atoms with van der Waals surface area (Å²) in [4.78, 5) is 0. The maximum atomic E-state index is 10.1. The van der Waals surface area contributed by atoms with E-state index in [1.807, 2.05) is 32.2 Å². The Hall–Kier alpha value is -1.26. The van der Waals surface area contributed by atoms with Gasteiger partial charge in [0.2, 0.25) is 0 Å². The predicted octanol–water partition coefficient (Wildman–Crippen LogP) is 1.49. The zero-order valence-electron chi connectivity index (χ0n) is 10.3. The molecular formula is C13H19NO3. The molecule has 1 aromatic carbocycles. The van der Waals surface area contributed by atoms with Crippen molar-refractivity contribution in [3.8, 4) is 11.5 Å². The Morgan fingerprint density at radius 1 is 1.24 bits per heavy atom. The van der Waals surface area contributed by atoms with Crippen LogP contribution < -0.4 is 14.8 Å². The summed E-state index contributed by atoms with van der Waals surface area (Å²) in [6.07, 6.45) is 0.344. The lowest BCUT2D eigenvalue weighted by Crippen LogP contribution is -2.28. The van der Waals surface area contributed by atoms with E-state index < -0.39 is 6.10 Å². The van der Waals surface area contributed by atoms with Gasteiger partial charge in [-0.25, -0.2) is 0 Å². The van der Waals surface area contributed by atoms with Crippen molar-refractivity contribution in [2.24, 2.45) is 0 Å². The van der Waals surface area contributed by atoms with Crippen LogP contribution in [0.1, 0.15) is 25.0 Å². The second-order valence-electron chi connectivity index (χ2n) is 4.28. The van der Waals surface area contributed by atoms with Crippen LogP contribution in [0.2, 0.25) is 0 Å². The number of likely N-dealkylation sites (N-methyl/N-ethyl adjacent to an activating group) is 1. The number of aliphatic hydroxyl groups excluding tert-OH is 1. The van der Waals surface area contributed by atoms with Crippen molar-refractivity contribution in [1.82, 2.24) is 5.32 Å². The quantitative estimate of drug-likeness (QED) is 0.836. The minimum Gasteiger partial charge on any atom is -0.490 e. The highest BCUT2D eigenvalue weighted by molar-refractivity contribution is 5.44. The van der Waals surface area contributed by atoms with E-state index in [0.717, 1.165) is 23.5 Å². The van der Waals surface area contributed by atoms with Crippen LogP contribution >= 0.6 is 0 Å². The lowest BCUT2D eigenvalue weighted by atomic mass is 10.0. The molecule has 17 heavy (non-hydrogen) atoms. The predicted molar refractivity (Wildman–Crippen MR) is 65.5 cm³/mol. The normalized spacial score (nSPS) is 18.3. The van der Waals surface area contributed by atoms with Crippen LogP contribution in [0.5, 0.6) is 11.5 Å². The molecule has 2 unspecified atom stereocenters. The summed E-state index contributed by atoms with van der Waals surface area (Å²) in [7, 11) is 1.83. The number of benzene rings is 1. The monoisotopic (exact) mass is 237 g/mol. The molecule has 4 nitrogen and oxygen atoms in total. The van der Waals surface area contributed by atoms with E-state index >= 15 is 0 Å². The molecule has 1 aliphatic rings. The molecule has 0 radical (unpaired) electrons. The Morgan fingerprint density at radius 2 is 1.94 bits per heavy atom. The van der Waals surface area contributed by atoms with Crippen LogP contribution in [0.15, 0.2) is 18.2 Å². The van der Waals surface area contributed by atoms with Crippen molar-refractivity contribution in [3.05, 3.63) is 23.8 Å². The van der Waals surface area contributed by atoms with Gasteiger partial charge in [-0.05, 0) is 31.7 Å². The fourth-order valence-corrected chi connectivity index (χ4v) is 1.81. The van der Waals surface area contributed by atoms with E-state index in [9.17, 15) is 5.11 Å². The Labute approximate surface area is 102 Å². The van der Waals surface area contributed by atoms with Crippen LogP contribution in [0.4, 0.5) is 0 Å². The van der Waals surface area contributed by atoms with Crippen LogP contribution in [-0.2, 0) is 0 Å². The second-order valence-corrected chi connectivity index (χ2v) is 4.28. The Morgan fingerprint density at radius 3 is 2.65 bits per heavy atom. The van der Waals surface area contributed by atoms with Crippen molar-refractivity contribution >= 4 is 0 Å². The molecule has 0 spiro atoms. The van der Waals surface area contributed by atoms with Gasteiger partial charge in [0, 0.05) is 12.5 Å². The van der Waals surface area contributed by atoms with Crippen LogP contribution in [0.3, 0.4) is 0 Å². The molecule has 94 valence electrons. The van der Waals surface area contributed by atoms with Gasteiger partial charge in [0.25, 0.3) is 0 Å². The highest BCUT2D eigenvalue weighted by atomic mass is 16.5. The molecule has 0 bridgehead atoms. The van der Waals surface area contributed by atoms with Crippen molar-refractivity contribution < 1.29 is 14.6 Å². The van der Waals surface area contributed by atoms with Crippen molar-refractivity contribution in [2.45, 2.75) is 25.5 Å². The summed E-state index contributed by atoms with van der Waals surface area (Å²) in [6, 6.07) is 5.60. The van der Waals surface area contributed by atoms with E-state index in [1.165, 1.54) is 0 Å². The highest BCUT2D eigenvalue weighted by Crippen LogP contribution is 2.32. The molecule has 2 N–H and O–H groups in total. The van der Waals surface area contributed by atoms with Gasteiger partial charge < -0.3 is 19.9 Å². The third kappa shape index (κ3) is 2.70. The fourth-order valence-electron chi connectivity index (χ4n) is 1.81. The van der Waals surface area contributed by atoms with Crippen molar-refractivity contribution in [1.29, 1.82) is 0 Å². The SMILES string of the molecule is CNC(C)C(O)c1ccc2c(c1)OCCCO2. The zero-order chi connectivity index (χ0) is 12.3. The van der Waals surface area contributed by atoms with Gasteiger partial charge in [-0.15, -0.1) is 0 Å². The number of nitrogens with one attached hydrogen (secondary N) is 1. The summed E-state index contributed by atoms with van der Waals surface area (Å²) in [5.41, 5.74) is 0.844.